The third-order valence-electron chi connectivity index (χ3n) is 3.85. The van der Waals surface area contributed by atoms with Crippen molar-refractivity contribution in [3.63, 3.8) is 0 Å². The lowest BCUT2D eigenvalue weighted by molar-refractivity contribution is 0.638. The zero-order chi connectivity index (χ0) is 13.0. The van der Waals surface area contributed by atoms with Crippen LogP contribution in [0.3, 0.4) is 0 Å². The molecule has 0 aliphatic heterocycles. The van der Waals surface area contributed by atoms with Crippen molar-refractivity contribution in [2.45, 2.75) is 37.4 Å². The second-order valence-electron chi connectivity index (χ2n) is 4.89. The predicted octanol–water partition coefficient (Wildman–Crippen LogP) is 2.91. The van der Waals surface area contributed by atoms with Crippen molar-refractivity contribution in [2.24, 2.45) is 0 Å². The lowest BCUT2D eigenvalue weighted by Gasteiger charge is -2.27. The molecule has 1 heterocycles. The van der Waals surface area contributed by atoms with E-state index >= 15 is 0 Å². The Morgan fingerprint density at radius 1 is 1.28 bits per heavy atom. The fourth-order valence-electron chi connectivity index (χ4n) is 2.60. The van der Waals surface area contributed by atoms with Crippen LogP contribution < -0.4 is 10.6 Å². The highest BCUT2D eigenvalue weighted by Crippen LogP contribution is 2.40. The van der Waals surface area contributed by atoms with Crippen LogP contribution in [0.25, 0.3) is 0 Å². The monoisotopic (exact) mass is 266 g/mol. The molecule has 0 spiro atoms. The Kier molecular flexibility index (Phi) is 4.32. The molecule has 1 fully saturated rings. The number of thioether (sulfide) groups is 1. The van der Waals surface area contributed by atoms with E-state index in [0.717, 1.165) is 23.7 Å². The van der Waals surface area contributed by atoms with Gasteiger partial charge in [-0.05, 0) is 26.0 Å². The highest BCUT2D eigenvalue weighted by molar-refractivity contribution is 8.00. The molecule has 0 saturated heterocycles. The van der Waals surface area contributed by atoms with E-state index in [1.54, 1.807) is 6.33 Å². The summed E-state index contributed by atoms with van der Waals surface area (Å²) in [6.07, 6.45) is 9.16. The molecule has 1 aliphatic rings. The molecule has 0 atom stereocenters. The molecule has 2 N–H and O–H groups in total. The summed E-state index contributed by atoms with van der Waals surface area (Å²) in [4.78, 5) is 8.55. The summed E-state index contributed by atoms with van der Waals surface area (Å²) in [7, 11) is 1.89. The fourth-order valence-corrected chi connectivity index (χ4v) is 3.51. The number of hydrogen-bond donors (Lipinski definition) is 2. The molecule has 0 amide bonds. The van der Waals surface area contributed by atoms with Gasteiger partial charge in [-0.1, -0.05) is 12.8 Å². The molecule has 0 radical (unpaired) electrons. The maximum atomic E-state index is 4.34. The Morgan fingerprint density at radius 2 is 1.94 bits per heavy atom. The number of nitrogens with zero attached hydrogens (tertiary/aromatic N) is 2. The molecule has 0 aromatic carbocycles. The number of hydrogen-bond acceptors (Lipinski definition) is 5. The van der Waals surface area contributed by atoms with Gasteiger partial charge in [-0.15, -0.1) is 0 Å². The van der Waals surface area contributed by atoms with Crippen molar-refractivity contribution in [1.82, 2.24) is 9.97 Å². The summed E-state index contributed by atoms with van der Waals surface area (Å²) in [5, 5.41) is 6.60. The van der Waals surface area contributed by atoms with Crippen LogP contribution in [0.15, 0.2) is 6.33 Å². The minimum absolute atomic E-state index is 0.400. The van der Waals surface area contributed by atoms with Crippen LogP contribution in [-0.2, 0) is 0 Å². The largest absolute Gasteiger partial charge is 0.373 e. The summed E-state index contributed by atoms with van der Waals surface area (Å²) < 4.78 is 0.400. The van der Waals surface area contributed by atoms with E-state index in [2.05, 4.69) is 33.8 Å². The van der Waals surface area contributed by atoms with Gasteiger partial charge in [0.2, 0.25) is 0 Å². The van der Waals surface area contributed by atoms with Crippen molar-refractivity contribution >= 4 is 23.4 Å². The van der Waals surface area contributed by atoms with E-state index in [-0.39, 0.29) is 0 Å². The first-order valence-electron chi connectivity index (χ1n) is 6.49. The van der Waals surface area contributed by atoms with Crippen molar-refractivity contribution < 1.29 is 0 Å². The van der Waals surface area contributed by atoms with E-state index in [1.807, 2.05) is 18.8 Å². The van der Waals surface area contributed by atoms with Gasteiger partial charge in [-0.2, -0.15) is 11.8 Å². The summed E-state index contributed by atoms with van der Waals surface area (Å²) >= 11 is 1.99. The maximum absolute atomic E-state index is 4.34. The van der Waals surface area contributed by atoms with E-state index in [9.17, 15) is 0 Å². The van der Waals surface area contributed by atoms with Gasteiger partial charge in [-0.3, -0.25) is 0 Å². The Labute approximate surface area is 113 Å². The molecule has 1 aromatic heterocycles. The average Bonchev–Trinajstić information content (AvgIpc) is 2.87. The molecular weight excluding hydrogens is 244 g/mol. The van der Waals surface area contributed by atoms with E-state index in [4.69, 9.17) is 0 Å². The van der Waals surface area contributed by atoms with Crippen LogP contribution in [0.2, 0.25) is 0 Å². The van der Waals surface area contributed by atoms with Crippen molar-refractivity contribution in [3.8, 4) is 0 Å². The second-order valence-corrected chi connectivity index (χ2v) is 6.17. The Bertz CT molecular complexity index is 402. The highest BCUT2D eigenvalue weighted by Gasteiger charge is 2.32. The lowest BCUT2D eigenvalue weighted by Crippen LogP contribution is -2.30. The van der Waals surface area contributed by atoms with Gasteiger partial charge >= 0.3 is 0 Å². The van der Waals surface area contributed by atoms with Gasteiger partial charge in [0.1, 0.15) is 18.0 Å². The average molecular weight is 266 g/mol. The SMILES string of the molecule is CNc1ncnc(NCC2(SC)CCCC2)c1C. The first kappa shape index (κ1) is 13.5. The zero-order valence-corrected chi connectivity index (χ0v) is 12.2. The zero-order valence-electron chi connectivity index (χ0n) is 11.4. The van der Waals surface area contributed by atoms with Crippen LogP contribution in [-0.4, -0.2) is 34.6 Å². The number of rotatable bonds is 5. The summed E-state index contributed by atoms with van der Waals surface area (Å²) in [5.74, 6) is 1.85. The minimum atomic E-state index is 0.400. The molecule has 2 rings (SSSR count). The molecule has 1 aromatic rings. The molecule has 1 aliphatic carbocycles. The molecule has 5 heteroatoms. The first-order chi connectivity index (χ1) is 8.71. The quantitative estimate of drug-likeness (QED) is 0.858. The smallest absolute Gasteiger partial charge is 0.134 e. The normalized spacial score (nSPS) is 17.7. The van der Waals surface area contributed by atoms with Crippen molar-refractivity contribution in [3.05, 3.63) is 11.9 Å². The molecule has 1 saturated carbocycles. The Balaban J connectivity index is 2.05. The highest BCUT2D eigenvalue weighted by atomic mass is 32.2. The molecule has 4 nitrogen and oxygen atoms in total. The topological polar surface area (TPSA) is 49.8 Å². The number of anilines is 2. The summed E-state index contributed by atoms with van der Waals surface area (Å²) in [6, 6.07) is 0. The standard InChI is InChI=1S/C13H22N4S/c1-10-11(14-2)16-9-17-12(10)15-8-13(18-3)6-4-5-7-13/h9H,4-8H2,1-3H3,(H2,14,15,16,17). The van der Waals surface area contributed by atoms with Crippen LogP contribution in [0.5, 0.6) is 0 Å². The van der Waals surface area contributed by atoms with E-state index in [1.165, 1.54) is 25.7 Å². The molecule has 18 heavy (non-hydrogen) atoms. The fraction of sp³-hybridized carbons (Fsp3) is 0.692. The minimum Gasteiger partial charge on any atom is -0.373 e. The van der Waals surface area contributed by atoms with Crippen molar-refractivity contribution in [2.75, 3.05) is 30.5 Å². The molecule has 0 bridgehead atoms. The van der Waals surface area contributed by atoms with E-state index < -0.39 is 0 Å². The maximum Gasteiger partial charge on any atom is 0.134 e. The van der Waals surface area contributed by atoms with E-state index in [0.29, 0.717) is 4.75 Å². The van der Waals surface area contributed by atoms with Gasteiger partial charge in [-0.25, -0.2) is 9.97 Å². The summed E-state index contributed by atoms with van der Waals surface area (Å²) in [5.41, 5.74) is 1.09. The Morgan fingerprint density at radius 3 is 2.56 bits per heavy atom. The van der Waals surface area contributed by atoms with Crippen LogP contribution in [0.4, 0.5) is 11.6 Å². The van der Waals surface area contributed by atoms with Gasteiger partial charge in [0, 0.05) is 23.9 Å². The number of nitrogens with one attached hydrogen (secondary N) is 2. The van der Waals surface area contributed by atoms with Gasteiger partial charge in [0.05, 0.1) is 0 Å². The van der Waals surface area contributed by atoms with Gasteiger partial charge in [0.25, 0.3) is 0 Å². The lowest BCUT2D eigenvalue weighted by atomic mass is 10.1. The Hall–Kier alpha value is -0.970. The first-order valence-corrected chi connectivity index (χ1v) is 7.71. The van der Waals surface area contributed by atoms with Gasteiger partial charge in [0.15, 0.2) is 0 Å². The molecule has 100 valence electrons. The molecular formula is C13H22N4S. The van der Waals surface area contributed by atoms with Crippen LogP contribution in [0.1, 0.15) is 31.2 Å². The van der Waals surface area contributed by atoms with Crippen LogP contribution >= 0.6 is 11.8 Å². The van der Waals surface area contributed by atoms with Crippen molar-refractivity contribution in [1.29, 1.82) is 0 Å². The van der Waals surface area contributed by atoms with Gasteiger partial charge < -0.3 is 10.6 Å². The van der Waals surface area contributed by atoms with Crippen LogP contribution in [0, 0.1) is 6.92 Å². The molecule has 0 unspecified atom stereocenters. The second kappa shape index (κ2) is 5.78. The third kappa shape index (κ3) is 2.71. The third-order valence-corrected chi connectivity index (χ3v) is 5.27. The predicted molar refractivity (Wildman–Crippen MR) is 79.5 cm³/mol. The number of aromatic nitrogens is 2. The summed E-state index contributed by atoms with van der Waals surface area (Å²) in [6.45, 7) is 3.05.